The number of pyridine rings is 1. The minimum Gasteiger partial charge on any atom is -0.357 e. The molecule has 3 rings (SSSR count). The van der Waals surface area contributed by atoms with Gasteiger partial charge in [0.2, 0.25) is 0 Å². The lowest BCUT2D eigenvalue weighted by molar-refractivity contribution is 0.0958. The third-order valence-electron chi connectivity index (χ3n) is 4.53. The Balaban J connectivity index is 1.49. The number of halogens is 1. The molecule has 1 aliphatic heterocycles. The number of aryl methyl sites for hydroxylation is 1. The molecule has 1 unspecified atom stereocenters. The minimum atomic E-state index is -0.305. The second-order valence-corrected chi connectivity index (χ2v) is 7.52. The van der Waals surface area contributed by atoms with Gasteiger partial charge in [-0.1, -0.05) is 0 Å². The fourth-order valence-corrected chi connectivity index (χ4v) is 3.85. The zero-order valence-electron chi connectivity index (χ0n) is 16.6. The van der Waals surface area contributed by atoms with Crippen LogP contribution in [0.1, 0.15) is 28.7 Å². The van der Waals surface area contributed by atoms with Crippen molar-refractivity contribution in [3.63, 3.8) is 0 Å². The Morgan fingerprint density at radius 2 is 2.28 bits per heavy atom. The highest BCUT2D eigenvalue weighted by Crippen LogP contribution is 2.20. The lowest BCUT2D eigenvalue weighted by Crippen LogP contribution is -2.45. The number of carbonyl (C=O) groups is 1. The fourth-order valence-electron chi connectivity index (χ4n) is 3.13. The Kier molecular flexibility index (Phi) is 7.34. The molecule has 1 amide bonds. The van der Waals surface area contributed by atoms with Crippen LogP contribution in [0.5, 0.6) is 0 Å². The molecule has 0 aromatic carbocycles. The second-order valence-electron chi connectivity index (χ2n) is 6.67. The van der Waals surface area contributed by atoms with Gasteiger partial charge in [-0.25, -0.2) is 14.4 Å². The van der Waals surface area contributed by atoms with Crippen molar-refractivity contribution < 1.29 is 9.18 Å². The number of carbonyl (C=O) groups excluding carboxylic acids is 1. The molecule has 1 aliphatic rings. The van der Waals surface area contributed by atoms with Gasteiger partial charge in [0.25, 0.3) is 5.91 Å². The number of hydrogen-bond acceptors (Lipinski definition) is 6. The summed E-state index contributed by atoms with van der Waals surface area (Å²) in [6.07, 6.45) is 2.47. The van der Waals surface area contributed by atoms with Crippen LogP contribution < -0.4 is 20.9 Å². The topological polar surface area (TPSA) is 94.5 Å². The summed E-state index contributed by atoms with van der Waals surface area (Å²) in [4.78, 5) is 27.4. The Hall–Kier alpha value is -2.75. The van der Waals surface area contributed by atoms with Gasteiger partial charge in [-0.3, -0.25) is 9.79 Å². The average Bonchev–Trinajstić information content (AvgIpc) is 3.34. The molecule has 29 heavy (non-hydrogen) atoms. The zero-order chi connectivity index (χ0) is 20.6. The van der Waals surface area contributed by atoms with Gasteiger partial charge in [0.15, 0.2) is 17.6 Å². The van der Waals surface area contributed by atoms with Gasteiger partial charge in [0.05, 0.1) is 17.7 Å². The third-order valence-corrected chi connectivity index (χ3v) is 5.46. The SMILES string of the molecule is CCNC(=NCCNC(=O)c1scnc1C)NC1CCN(c2ncccc2F)C1. The van der Waals surface area contributed by atoms with Crippen LogP contribution in [-0.4, -0.2) is 60.6 Å². The minimum absolute atomic E-state index is 0.123. The van der Waals surface area contributed by atoms with Crippen molar-refractivity contribution in [1.29, 1.82) is 0 Å². The van der Waals surface area contributed by atoms with Crippen LogP contribution in [0, 0.1) is 12.7 Å². The largest absolute Gasteiger partial charge is 0.357 e. The van der Waals surface area contributed by atoms with E-state index in [0.29, 0.717) is 36.3 Å². The summed E-state index contributed by atoms with van der Waals surface area (Å²) in [5.41, 5.74) is 2.40. The first-order chi connectivity index (χ1) is 14.1. The van der Waals surface area contributed by atoms with Crippen molar-refractivity contribution >= 4 is 29.0 Å². The summed E-state index contributed by atoms with van der Waals surface area (Å²) in [6.45, 7) is 6.81. The van der Waals surface area contributed by atoms with E-state index >= 15 is 0 Å². The smallest absolute Gasteiger partial charge is 0.263 e. The number of rotatable bonds is 7. The van der Waals surface area contributed by atoms with Crippen LogP contribution in [-0.2, 0) is 0 Å². The summed E-state index contributed by atoms with van der Waals surface area (Å²) >= 11 is 1.33. The summed E-state index contributed by atoms with van der Waals surface area (Å²) < 4.78 is 14.0. The number of anilines is 1. The Morgan fingerprint density at radius 3 is 3.00 bits per heavy atom. The van der Waals surface area contributed by atoms with Crippen molar-refractivity contribution in [2.75, 3.05) is 37.6 Å². The van der Waals surface area contributed by atoms with Crippen molar-refractivity contribution in [3.8, 4) is 0 Å². The summed E-state index contributed by atoms with van der Waals surface area (Å²) in [5, 5.41) is 9.46. The molecule has 3 N–H and O–H groups in total. The summed E-state index contributed by atoms with van der Waals surface area (Å²) in [7, 11) is 0. The molecule has 8 nitrogen and oxygen atoms in total. The maximum absolute atomic E-state index is 14.0. The van der Waals surface area contributed by atoms with E-state index in [2.05, 4.69) is 30.9 Å². The normalized spacial score (nSPS) is 16.7. The molecule has 0 aliphatic carbocycles. The molecular formula is C19H26FN7OS. The van der Waals surface area contributed by atoms with E-state index in [1.54, 1.807) is 17.8 Å². The third kappa shape index (κ3) is 5.63. The number of nitrogens with one attached hydrogen (secondary N) is 3. The first-order valence-electron chi connectivity index (χ1n) is 9.67. The van der Waals surface area contributed by atoms with Crippen molar-refractivity contribution in [1.82, 2.24) is 25.9 Å². The molecule has 0 bridgehead atoms. The van der Waals surface area contributed by atoms with Gasteiger partial charge in [-0.15, -0.1) is 11.3 Å². The van der Waals surface area contributed by atoms with E-state index in [9.17, 15) is 9.18 Å². The average molecular weight is 420 g/mol. The second kappa shape index (κ2) is 10.1. The van der Waals surface area contributed by atoms with Gasteiger partial charge in [0, 0.05) is 38.4 Å². The number of hydrogen-bond donors (Lipinski definition) is 3. The number of thiazole rings is 1. The molecular weight excluding hydrogens is 393 g/mol. The molecule has 2 aromatic rings. The Bertz CT molecular complexity index is 857. The lowest BCUT2D eigenvalue weighted by atomic mass is 10.3. The lowest BCUT2D eigenvalue weighted by Gasteiger charge is -2.20. The molecule has 0 saturated carbocycles. The summed E-state index contributed by atoms with van der Waals surface area (Å²) in [5.74, 6) is 0.645. The highest BCUT2D eigenvalue weighted by molar-refractivity contribution is 7.11. The number of aliphatic imine (C=N–C) groups is 1. The van der Waals surface area contributed by atoms with E-state index in [-0.39, 0.29) is 17.8 Å². The Labute approximate surface area is 173 Å². The van der Waals surface area contributed by atoms with Crippen molar-refractivity contribution in [2.45, 2.75) is 26.3 Å². The van der Waals surface area contributed by atoms with Crippen LogP contribution >= 0.6 is 11.3 Å². The van der Waals surface area contributed by atoms with Gasteiger partial charge >= 0.3 is 0 Å². The number of aromatic nitrogens is 2. The highest BCUT2D eigenvalue weighted by Gasteiger charge is 2.25. The molecule has 1 atom stereocenters. The first kappa shape index (κ1) is 21.0. The first-order valence-corrected chi connectivity index (χ1v) is 10.5. The van der Waals surface area contributed by atoms with Crippen LogP contribution in [0.4, 0.5) is 10.2 Å². The predicted octanol–water partition coefficient (Wildman–Crippen LogP) is 1.55. The maximum atomic E-state index is 14.0. The molecule has 1 saturated heterocycles. The standard InChI is InChI=1S/C19H26FN7OS/c1-3-21-19(24-9-8-23-18(28)16-13(2)25-12-29-16)26-14-6-10-27(11-14)17-15(20)5-4-7-22-17/h4-5,7,12,14H,3,6,8-11H2,1-2H3,(H,23,28)(H2,21,24,26). The molecule has 10 heteroatoms. The van der Waals surface area contributed by atoms with Crippen molar-refractivity contribution in [2.24, 2.45) is 4.99 Å². The van der Waals surface area contributed by atoms with Gasteiger partial charge in [-0.05, 0) is 32.4 Å². The molecule has 156 valence electrons. The van der Waals surface area contributed by atoms with Gasteiger partial charge in [-0.2, -0.15) is 0 Å². The fraction of sp³-hybridized carbons (Fsp3) is 0.474. The van der Waals surface area contributed by atoms with E-state index in [4.69, 9.17) is 0 Å². The molecule has 0 spiro atoms. The molecule has 3 heterocycles. The number of nitrogens with zero attached hydrogens (tertiary/aromatic N) is 4. The Morgan fingerprint density at radius 1 is 1.41 bits per heavy atom. The van der Waals surface area contributed by atoms with Gasteiger partial charge < -0.3 is 20.9 Å². The van der Waals surface area contributed by atoms with E-state index in [1.807, 2.05) is 18.7 Å². The van der Waals surface area contributed by atoms with Gasteiger partial charge in [0.1, 0.15) is 4.88 Å². The van der Waals surface area contributed by atoms with E-state index in [0.717, 1.165) is 25.2 Å². The van der Waals surface area contributed by atoms with Crippen LogP contribution in [0.25, 0.3) is 0 Å². The van der Waals surface area contributed by atoms with E-state index < -0.39 is 0 Å². The van der Waals surface area contributed by atoms with Crippen LogP contribution in [0.3, 0.4) is 0 Å². The van der Waals surface area contributed by atoms with Crippen molar-refractivity contribution in [3.05, 3.63) is 40.2 Å². The summed E-state index contributed by atoms with van der Waals surface area (Å²) in [6, 6.07) is 3.16. The predicted molar refractivity (Wildman–Crippen MR) is 113 cm³/mol. The van der Waals surface area contributed by atoms with E-state index in [1.165, 1.54) is 17.4 Å². The monoisotopic (exact) mass is 419 g/mol. The van der Waals surface area contributed by atoms with Crippen LogP contribution in [0.15, 0.2) is 28.8 Å². The quantitative estimate of drug-likeness (QED) is 0.358. The molecule has 2 aromatic heterocycles. The maximum Gasteiger partial charge on any atom is 0.263 e. The molecule has 0 radical (unpaired) electrons. The number of amides is 1. The zero-order valence-corrected chi connectivity index (χ0v) is 17.4. The number of guanidine groups is 1. The highest BCUT2D eigenvalue weighted by atomic mass is 32.1. The van der Waals surface area contributed by atoms with Crippen LogP contribution in [0.2, 0.25) is 0 Å². The molecule has 1 fully saturated rings.